The molecule has 0 aromatic carbocycles. The molecule has 2 fully saturated rings. The zero-order chi connectivity index (χ0) is 9.80. The maximum Gasteiger partial charge on any atom is 0.0510 e. The van der Waals surface area contributed by atoms with Crippen LogP contribution in [0, 0.1) is 5.92 Å². The van der Waals surface area contributed by atoms with E-state index in [-0.39, 0.29) is 0 Å². The molecular formula is C11H22N2O. The summed E-state index contributed by atoms with van der Waals surface area (Å²) in [5, 5.41) is 3.70. The van der Waals surface area contributed by atoms with Crippen LogP contribution in [0.5, 0.6) is 0 Å². The van der Waals surface area contributed by atoms with Crippen molar-refractivity contribution < 1.29 is 4.74 Å². The maximum atomic E-state index is 5.81. The first-order valence-electron chi connectivity index (χ1n) is 5.94. The summed E-state index contributed by atoms with van der Waals surface area (Å²) in [5.74, 6) is 0.653. The first-order valence-corrected chi connectivity index (χ1v) is 5.94. The molecule has 1 heterocycles. The van der Waals surface area contributed by atoms with Gasteiger partial charge >= 0.3 is 0 Å². The third kappa shape index (κ3) is 2.47. The molecule has 82 valence electrons. The van der Waals surface area contributed by atoms with E-state index in [0.29, 0.717) is 12.0 Å². The lowest BCUT2D eigenvalue weighted by atomic mass is 9.98. The van der Waals surface area contributed by atoms with Crippen LogP contribution in [-0.2, 0) is 4.74 Å². The molecule has 1 saturated heterocycles. The van der Waals surface area contributed by atoms with Crippen molar-refractivity contribution in [2.75, 3.05) is 19.8 Å². The van der Waals surface area contributed by atoms with Crippen molar-refractivity contribution in [2.45, 2.75) is 44.2 Å². The summed E-state index contributed by atoms with van der Waals surface area (Å²) in [4.78, 5) is 0. The average Bonchev–Trinajstić information content (AvgIpc) is 2.86. The second-order valence-electron chi connectivity index (χ2n) is 4.61. The SMILES string of the molecule is NCC(NC1CCCC1)C1CCOC1. The highest BCUT2D eigenvalue weighted by atomic mass is 16.5. The molecule has 0 aromatic heterocycles. The zero-order valence-corrected chi connectivity index (χ0v) is 8.87. The largest absolute Gasteiger partial charge is 0.381 e. The molecule has 1 aliphatic heterocycles. The summed E-state index contributed by atoms with van der Waals surface area (Å²) >= 11 is 0. The smallest absolute Gasteiger partial charge is 0.0510 e. The normalized spacial score (nSPS) is 31.1. The van der Waals surface area contributed by atoms with Crippen LogP contribution in [0.2, 0.25) is 0 Å². The molecule has 0 radical (unpaired) electrons. The molecule has 0 bridgehead atoms. The molecule has 1 aliphatic carbocycles. The second kappa shape index (κ2) is 5.10. The van der Waals surface area contributed by atoms with E-state index in [0.717, 1.165) is 25.8 Å². The number of hydrogen-bond donors (Lipinski definition) is 2. The Hall–Kier alpha value is -0.120. The Labute approximate surface area is 86.4 Å². The minimum absolute atomic E-state index is 0.487. The maximum absolute atomic E-state index is 5.81. The molecule has 0 aromatic rings. The van der Waals surface area contributed by atoms with Gasteiger partial charge in [0.15, 0.2) is 0 Å². The number of nitrogens with one attached hydrogen (secondary N) is 1. The van der Waals surface area contributed by atoms with Gasteiger partial charge in [-0.25, -0.2) is 0 Å². The van der Waals surface area contributed by atoms with Crippen LogP contribution in [0.25, 0.3) is 0 Å². The lowest BCUT2D eigenvalue weighted by molar-refractivity contribution is 0.175. The number of ether oxygens (including phenoxy) is 1. The Kier molecular flexibility index (Phi) is 3.79. The highest BCUT2D eigenvalue weighted by Gasteiger charge is 2.27. The van der Waals surface area contributed by atoms with Crippen LogP contribution in [0.4, 0.5) is 0 Å². The Morgan fingerprint density at radius 2 is 2.07 bits per heavy atom. The lowest BCUT2D eigenvalue weighted by Crippen LogP contribution is -2.46. The van der Waals surface area contributed by atoms with Crippen LogP contribution in [0.3, 0.4) is 0 Å². The fourth-order valence-corrected chi connectivity index (χ4v) is 2.66. The topological polar surface area (TPSA) is 47.3 Å². The van der Waals surface area contributed by atoms with Crippen molar-refractivity contribution in [3.63, 3.8) is 0 Å². The predicted molar refractivity (Wildman–Crippen MR) is 57.2 cm³/mol. The van der Waals surface area contributed by atoms with Crippen molar-refractivity contribution in [3.05, 3.63) is 0 Å². The molecule has 0 spiro atoms. The Balaban J connectivity index is 1.79. The summed E-state index contributed by atoms with van der Waals surface area (Å²) in [5.41, 5.74) is 5.81. The molecule has 1 saturated carbocycles. The molecular weight excluding hydrogens is 176 g/mol. The summed E-state index contributed by atoms with van der Waals surface area (Å²) in [6.45, 7) is 2.58. The minimum Gasteiger partial charge on any atom is -0.381 e. The molecule has 0 amide bonds. The Bertz CT molecular complexity index is 163. The fourth-order valence-electron chi connectivity index (χ4n) is 2.66. The summed E-state index contributed by atoms with van der Waals surface area (Å²) in [7, 11) is 0. The van der Waals surface area contributed by atoms with Crippen molar-refractivity contribution in [3.8, 4) is 0 Å². The summed E-state index contributed by atoms with van der Waals surface area (Å²) in [6, 6.07) is 1.21. The van der Waals surface area contributed by atoms with Crippen LogP contribution < -0.4 is 11.1 Å². The number of rotatable bonds is 4. The van der Waals surface area contributed by atoms with E-state index < -0.39 is 0 Å². The van der Waals surface area contributed by atoms with Crippen LogP contribution in [0.15, 0.2) is 0 Å². The number of hydrogen-bond acceptors (Lipinski definition) is 3. The minimum atomic E-state index is 0.487. The van der Waals surface area contributed by atoms with Crippen LogP contribution in [0.1, 0.15) is 32.1 Å². The van der Waals surface area contributed by atoms with Gasteiger partial charge in [0, 0.05) is 31.2 Å². The third-order valence-corrected chi connectivity index (χ3v) is 3.59. The van der Waals surface area contributed by atoms with Crippen molar-refractivity contribution >= 4 is 0 Å². The van der Waals surface area contributed by atoms with E-state index in [1.54, 1.807) is 0 Å². The van der Waals surface area contributed by atoms with Gasteiger partial charge in [0.25, 0.3) is 0 Å². The Morgan fingerprint density at radius 1 is 1.29 bits per heavy atom. The first kappa shape index (κ1) is 10.4. The predicted octanol–water partition coefficient (Wildman–Crippen LogP) is 0.882. The van der Waals surface area contributed by atoms with Crippen LogP contribution >= 0.6 is 0 Å². The van der Waals surface area contributed by atoms with Crippen molar-refractivity contribution in [2.24, 2.45) is 11.7 Å². The monoisotopic (exact) mass is 198 g/mol. The molecule has 2 rings (SSSR count). The van der Waals surface area contributed by atoms with Gasteiger partial charge < -0.3 is 15.8 Å². The van der Waals surface area contributed by atoms with Crippen LogP contribution in [-0.4, -0.2) is 31.8 Å². The summed E-state index contributed by atoms with van der Waals surface area (Å²) < 4.78 is 5.41. The molecule has 2 unspecified atom stereocenters. The average molecular weight is 198 g/mol. The van der Waals surface area contributed by atoms with Gasteiger partial charge in [0.2, 0.25) is 0 Å². The molecule has 3 nitrogen and oxygen atoms in total. The molecule has 3 heteroatoms. The zero-order valence-electron chi connectivity index (χ0n) is 8.87. The van der Waals surface area contributed by atoms with E-state index in [2.05, 4.69) is 5.32 Å². The third-order valence-electron chi connectivity index (χ3n) is 3.59. The number of nitrogens with two attached hydrogens (primary N) is 1. The van der Waals surface area contributed by atoms with Gasteiger partial charge in [-0.15, -0.1) is 0 Å². The molecule has 3 N–H and O–H groups in total. The standard InChI is InChI=1S/C11H22N2O/c12-7-11(9-5-6-14-8-9)13-10-3-1-2-4-10/h9-11,13H,1-8,12H2. The highest BCUT2D eigenvalue weighted by molar-refractivity contribution is 4.85. The molecule has 2 atom stereocenters. The van der Waals surface area contributed by atoms with E-state index in [9.17, 15) is 0 Å². The molecule has 2 aliphatic rings. The Morgan fingerprint density at radius 3 is 2.64 bits per heavy atom. The fraction of sp³-hybridized carbons (Fsp3) is 1.00. The van der Waals surface area contributed by atoms with Gasteiger partial charge in [-0.3, -0.25) is 0 Å². The molecule has 14 heavy (non-hydrogen) atoms. The first-order chi connectivity index (χ1) is 6.90. The van der Waals surface area contributed by atoms with E-state index in [1.807, 2.05) is 0 Å². The van der Waals surface area contributed by atoms with Crippen molar-refractivity contribution in [1.29, 1.82) is 0 Å². The van der Waals surface area contributed by atoms with Gasteiger partial charge in [-0.2, -0.15) is 0 Å². The van der Waals surface area contributed by atoms with Gasteiger partial charge in [0.05, 0.1) is 6.61 Å². The van der Waals surface area contributed by atoms with E-state index >= 15 is 0 Å². The van der Waals surface area contributed by atoms with Gasteiger partial charge in [-0.05, 0) is 19.3 Å². The highest BCUT2D eigenvalue weighted by Crippen LogP contribution is 2.22. The van der Waals surface area contributed by atoms with Crippen molar-refractivity contribution in [1.82, 2.24) is 5.32 Å². The van der Waals surface area contributed by atoms with E-state index in [1.165, 1.54) is 32.1 Å². The van der Waals surface area contributed by atoms with Gasteiger partial charge in [-0.1, -0.05) is 12.8 Å². The second-order valence-corrected chi connectivity index (χ2v) is 4.61. The quantitative estimate of drug-likeness (QED) is 0.705. The van der Waals surface area contributed by atoms with E-state index in [4.69, 9.17) is 10.5 Å². The lowest BCUT2D eigenvalue weighted by Gasteiger charge is -2.25. The van der Waals surface area contributed by atoms with Gasteiger partial charge in [0.1, 0.15) is 0 Å². The summed E-state index contributed by atoms with van der Waals surface area (Å²) in [6.07, 6.45) is 6.63.